The van der Waals surface area contributed by atoms with Gasteiger partial charge in [0.05, 0.1) is 23.3 Å². The van der Waals surface area contributed by atoms with Crippen LogP contribution in [-0.2, 0) is 0 Å². The number of hydrogen-bond donors (Lipinski definition) is 2. The summed E-state index contributed by atoms with van der Waals surface area (Å²) in [5, 5.41) is 13.4. The van der Waals surface area contributed by atoms with Crippen LogP contribution < -0.4 is 4.90 Å². The van der Waals surface area contributed by atoms with E-state index >= 15 is 0 Å². The monoisotopic (exact) mass is 496 g/mol. The molecule has 0 spiro atoms. The van der Waals surface area contributed by atoms with Gasteiger partial charge in [-0.15, -0.1) is 0 Å². The van der Waals surface area contributed by atoms with Crippen molar-refractivity contribution in [3.05, 3.63) is 77.1 Å². The molecular formula is C24H16F4N6O2. The van der Waals surface area contributed by atoms with Gasteiger partial charge in [0.15, 0.2) is 17.3 Å². The Morgan fingerprint density at radius 2 is 1.92 bits per heavy atom. The van der Waals surface area contributed by atoms with Gasteiger partial charge in [0.1, 0.15) is 34.4 Å². The number of aromatic amines is 1. The van der Waals surface area contributed by atoms with Gasteiger partial charge in [-0.1, -0.05) is 0 Å². The SMILES string of the molecule is O=C(O)c1cc2[nH]c(-c3cnn4ccc(N5CCC[C@@H]5c5cc(F)ccc5F)nc34)nc2c(F)c1F. The standard InChI is InChI=1S/C24H16F4N6O2/c25-11-3-4-15(26)12(8-11)17-2-1-6-33(17)18-5-7-34-23(31-18)14(10-29-34)22-30-16-9-13(24(35)36)19(27)20(28)21(16)32-22/h3-5,7-10,17H,1-2,6H2,(H,30,32)(H,35,36)/t17-/m1/s1. The number of nitrogens with zero attached hydrogens (tertiary/aromatic N) is 5. The molecule has 1 aliphatic rings. The van der Waals surface area contributed by atoms with Crippen LogP contribution in [0.15, 0.2) is 42.7 Å². The van der Waals surface area contributed by atoms with Gasteiger partial charge in [-0.3, -0.25) is 0 Å². The van der Waals surface area contributed by atoms with Crippen LogP contribution in [0.5, 0.6) is 0 Å². The highest BCUT2D eigenvalue weighted by molar-refractivity contribution is 5.94. The van der Waals surface area contributed by atoms with Crippen LogP contribution in [0.4, 0.5) is 23.4 Å². The van der Waals surface area contributed by atoms with Crippen molar-refractivity contribution in [2.45, 2.75) is 18.9 Å². The Morgan fingerprint density at radius 3 is 2.72 bits per heavy atom. The van der Waals surface area contributed by atoms with Crippen LogP contribution in [0.3, 0.4) is 0 Å². The molecule has 0 aliphatic carbocycles. The number of benzene rings is 2. The Bertz CT molecular complexity index is 1680. The van der Waals surface area contributed by atoms with Crippen molar-refractivity contribution in [1.29, 1.82) is 0 Å². The zero-order valence-electron chi connectivity index (χ0n) is 18.3. The third kappa shape index (κ3) is 3.36. The lowest BCUT2D eigenvalue weighted by molar-refractivity contribution is 0.0691. The molecule has 2 N–H and O–H groups in total. The van der Waals surface area contributed by atoms with Crippen molar-refractivity contribution >= 4 is 28.5 Å². The second-order valence-corrected chi connectivity index (χ2v) is 8.47. The molecular weight excluding hydrogens is 480 g/mol. The fourth-order valence-electron chi connectivity index (χ4n) is 4.69. The number of hydrogen-bond acceptors (Lipinski definition) is 5. The molecule has 1 saturated heterocycles. The number of carboxylic acid groups (broad SMARTS) is 1. The van der Waals surface area contributed by atoms with E-state index in [2.05, 4.69) is 20.1 Å². The molecule has 182 valence electrons. The number of anilines is 1. The van der Waals surface area contributed by atoms with Crippen molar-refractivity contribution < 1.29 is 27.5 Å². The molecule has 1 fully saturated rings. The van der Waals surface area contributed by atoms with Crippen molar-refractivity contribution in [3.63, 3.8) is 0 Å². The molecule has 0 radical (unpaired) electrons. The number of rotatable bonds is 4. The number of imidazole rings is 1. The first-order chi connectivity index (χ1) is 17.3. The van der Waals surface area contributed by atoms with Gasteiger partial charge in [-0.25, -0.2) is 36.8 Å². The first-order valence-electron chi connectivity index (χ1n) is 11.0. The molecule has 1 atom stereocenters. The number of carboxylic acids is 1. The number of H-pyrrole nitrogens is 1. The fraction of sp³-hybridized carbons (Fsp3) is 0.167. The second kappa shape index (κ2) is 8.04. The third-order valence-corrected chi connectivity index (χ3v) is 6.36. The summed E-state index contributed by atoms with van der Waals surface area (Å²) in [7, 11) is 0. The van der Waals surface area contributed by atoms with Crippen molar-refractivity contribution in [1.82, 2.24) is 24.6 Å². The summed E-state index contributed by atoms with van der Waals surface area (Å²) in [4.78, 5) is 24.7. The van der Waals surface area contributed by atoms with E-state index in [1.165, 1.54) is 16.8 Å². The Morgan fingerprint density at radius 1 is 1.08 bits per heavy atom. The zero-order valence-corrected chi connectivity index (χ0v) is 18.3. The highest BCUT2D eigenvalue weighted by atomic mass is 19.2. The highest BCUT2D eigenvalue weighted by Crippen LogP contribution is 2.37. The van der Waals surface area contributed by atoms with E-state index < -0.39 is 40.8 Å². The topological polar surface area (TPSA) is 99.4 Å². The zero-order chi connectivity index (χ0) is 25.1. The summed E-state index contributed by atoms with van der Waals surface area (Å²) in [5.74, 6) is -4.92. The Balaban J connectivity index is 1.44. The van der Waals surface area contributed by atoms with Crippen LogP contribution in [0.2, 0.25) is 0 Å². The molecule has 0 saturated carbocycles. The molecule has 3 aromatic heterocycles. The van der Waals surface area contributed by atoms with E-state index in [-0.39, 0.29) is 22.4 Å². The molecule has 5 aromatic rings. The van der Waals surface area contributed by atoms with Crippen LogP contribution >= 0.6 is 0 Å². The largest absolute Gasteiger partial charge is 0.478 e. The number of nitrogens with one attached hydrogen (secondary N) is 1. The smallest absolute Gasteiger partial charge is 0.338 e. The van der Waals surface area contributed by atoms with Crippen LogP contribution in [0.1, 0.15) is 34.8 Å². The second-order valence-electron chi connectivity index (χ2n) is 8.47. The van der Waals surface area contributed by atoms with Crippen LogP contribution in [0, 0.1) is 23.3 Å². The van der Waals surface area contributed by atoms with E-state index in [0.717, 1.165) is 24.6 Å². The summed E-state index contributed by atoms with van der Waals surface area (Å²) in [6.07, 6.45) is 4.44. The lowest BCUT2D eigenvalue weighted by atomic mass is 10.0. The van der Waals surface area contributed by atoms with Gasteiger partial charge in [0, 0.05) is 18.3 Å². The molecule has 0 amide bonds. The number of halogens is 4. The average molecular weight is 496 g/mol. The first kappa shape index (κ1) is 22.0. The van der Waals surface area contributed by atoms with Gasteiger partial charge in [0.2, 0.25) is 0 Å². The first-order valence-corrected chi connectivity index (χ1v) is 11.0. The number of carbonyl (C=O) groups is 1. The van der Waals surface area contributed by atoms with Crippen molar-refractivity contribution in [2.24, 2.45) is 0 Å². The summed E-state index contributed by atoms with van der Waals surface area (Å²) >= 11 is 0. The maximum atomic E-state index is 14.5. The number of aromatic nitrogens is 5. The van der Waals surface area contributed by atoms with Gasteiger partial charge in [-0.05, 0) is 43.2 Å². The van der Waals surface area contributed by atoms with Crippen LogP contribution in [-0.4, -0.2) is 42.2 Å². The van der Waals surface area contributed by atoms with Gasteiger partial charge in [0.25, 0.3) is 0 Å². The molecule has 36 heavy (non-hydrogen) atoms. The summed E-state index contributed by atoms with van der Waals surface area (Å²) < 4.78 is 58.5. The van der Waals surface area contributed by atoms with Gasteiger partial charge < -0.3 is 15.0 Å². The molecule has 1 aliphatic heterocycles. The quantitative estimate of drug-likeness (QED) is 0.345. The maximum absolute atomic E-state index is 14.5. The maximum Gasteiger partial charge on any atom is 0.338 e. The minimum Gasteiger partial charge on any atom is -0.478 e. The van der Waals surface area contributed by atoms with Gasteiger partial charge in [-0.2, -0.15) is 5.10 Å². The van der Waals surface area contributed by atoms with Crippen molar-refractivity contribution in [2.75, 3.05) is 11.4 Å². The van der Waals surface area contributed by atoms with E-state index in [1.807, 2.05) is 4.90 Å². The number of fused-ring (bicyclic) bond motifs is 2. The van der Waals surface area contributed by atoms with E-state index in [0.29, 0.717) is 30.0 Å². The minimum atomic E-state index is -1.61. The predicted octanol–water partition coefficient (Wildman–Crippen LogP) is 4.87. The lowest BCUT2D eigenvalue weighted by Crippen LogP contribution is -2.24. The normalized spacial score (nSPS) is 15.9. The van der Waals surface area contributed by atoms with Crippen LogP contribution in [0.25, 0.3) is 28.1 Å². The van der Waals surface area contributed by atoms with E-state index in [1.54, 1.807) is 12.3 Å². The highest BCUT2D eigenvalue weighted by Gasteiger charge is 2.30. The predicted molar refractivity (Wildman–Crippen MR) is 121 cm³/mol. The van der Waals surface area contributed by atoms with Crippen molar-refractivity contribution in [3.8, 4) is 11.4 Å². The number of aromatic carboxylic acids is 1. The Hall–Kier alpha value is -4.48. The molecule has 12 heteroatoms. The third-order valence-electron chi connectivity index (χ3n) is 6.36. The van der Waals surface area contributed by atoms with E-state index in [4.69, 9.17) is 5.11 Å². The molecule has 4 heterocycles. The Kier molecular flexibility index (Phi) is 4.92. The fourth-order valence-corrected chi connectivity index (χ4v) is 4.69. The summed E-state index contributed by atoms with van der Waals surface area (Å²) in [6, 6.07) is 5.62. The molecule has 0 bridgehead atoms. The summed E-state index contributed by atoms with van der Waals surface area (Å²) in [6.45, 7) is 0.570. The van der Waals surface area contributed by atoms with Gasteiger partial charge >= 0.3 is 5.97 Å². The molecule has 2 aromatic carbocycles. The molecule has 6 rings (SSSR count). The lowest BCUT2D eigenvalue weighted by Gasteiger charge is -2.26. The Labute approximate surface area is 199 Å². The average Bonchev–Trinajstić information content (AvgIpc) is 3.60. The van der Waals surface area contributed by atoms with E-state index in [9.17, 15) is 22.4 Å². The molecule has 8 nitrogen and oxygen atoms in total. The molecule has 0 unspecified atom stereocenters. The summed E-state index contributed by atoms with van der Waals surface area (Å²) in [5.41, 5.74) is -0.247. The minimum absolute atomic E-state index is 0.00186.